The highest BCUT2D eigenvalue weighted by Gasteiger charge is 2.72. The van der Waals surface area contributed by atoms with Gasteiger partial charge in [0.2, 0.25) is 5.88 Å². The standard InChI is InChI=1S/C31H42B4F3N7O4S/c1-18-9-13-39-21-5-4-6-24(40-21)50(47,48)43-26(46)20-7-8-22(41-25(20)44-16-19(18)15-27(44,2)3)45-14-10-23(42-45)49-17-29(32,33)30(34,35)28(11-12-28)31(36,37)38/h4-8,10,14,18-19H,9,11-13,15-17,32-35H2,1-3H3,(H,39,40)(H,43,46). The number of rotatable bonds is 6. The summed E-state index contributed by atoms with van der Waals surface area (Å²) in [6, 6.07) is 9.30. The number of hydrogen-bond acceptors (Lipinski definition) is 9. The van der Waals surface area contributed by atoms with Gasteiger partial charge in [-0.05, 0) is 75.6 Å². The molecule has 0 spiro atoms. The first-order valence-electron chi connectivity index (χ1n) is 17.0. The highest BCUT2D eigenvalue weighted by molar-refractivity contribution is 7.90. The molecule has 5 heterocycles. The Morgan fingerprint density at radius 2 is 1.78 bits per heavy atom. The van der Waals surface area contributed by atoms with E-state index in [0.717, 1.165) is 12.8 Å². The lowest BCUT2D eigenvalue weighted by Crippen LogP contribution is -2.48. The fraction of sp³-hybridized carbons (Fsp3) is 0.548. The van der Waals surface area contributed by atoms with E-state index >= 15 is 0 Å². The van der Waals surface area contributed by atoms with Gasteiger partial charge in [-0.1, -0.05) is 23.4 Å². The van der Waals surface area contributed by atoms with Gasteiger partial charge in [-0.15, -0.1) is 5.10 Å². The molecule has 50 heavy (non-hydrogen) atoms. The van der Waals surface area contributed by atoms with Gasteiger partial charge < -0.3 is 15.0 Å². The predicted molar refractivity (Wildman–Crippen MR) is 195 cm³/mol. The third-order valence-electron chi connectivity index (χ3n) is 11.8. The van der Waals surface area contributed by atoms with E-state index in [4.69, 9.17) is 9.72 Å². The van der Waals surface area contributed by atoms with Crippen molar-refractivity contribution in [2.24, 2.45) is 17.3 Å². The molecular weight excluding hydrogens is 667 g/mol. The van der Waals surface area contributed by atoms with Crippen LogP contribution in [0.1, 0.15) is 56.8 Å². The van der Waals surface area contributed by atoms with Crippen LogP contribution in [-0.4, -0.2) is 96.9 Å². The monoisotopic (exact) mass is 709 g/mol. The summed E-state index contributed by atoms with van der Waals surface area (Å²) in [4.78, 5) is 24.9. The molecule has 3 aromatic heterocycles. The zero-order valence-electron chi connectivity index (χ0n) is 29.6. The quantitative estimate of drug-likeness (QED) is 0.365. The normalized spacial score (nSPS) is 23.1. The maximum absolute atomic E-state index is 14.1. The number of amides is 1. The molecule has 2 atom stereocenters. The van der Waals surface area contributed by atoms with Gasteiger partial charge in [0, 0.05) is 30.9 Å². The number of sulfonamides is 1. The summed E-state index contributed by atoms with van der Waals surface area (Å²) < 4.78 is 78.5. The van der Waals surface area contributed by atoms with E-state index in [0.29, 0.717) is 36.5 Å². The Balaban J connectivity index is 1.31. The van der Waals surface area contributed by atoms with Crippen molar-refractivity contribution in [2.75, 3.05) is 29.9 Å². The summed E-state index contributed by atoms with van der Waals surface area (Å²) in [5, 5.41) is 5.52. The van der Waals surface area contributed by atoms with Crippen molar-refractivity contribution in [3.63, 3.8) is 0 Å². The summed E-state index contributed by atoms with van der Waals surface area (Å²) in [6.45, 7) is 7.56. The molecule has 6 rings (SSSR count). The number of nitrogens with zero attached hydrogens (tertiary/aromatic N) is 5. The van der Waals surface area contributed by atoms with Crippen LogP contribution in [0.15, 0.2) is 47.6 Å². The number of nitrogens with one attached hydrogen (secondary N) is 2. The predicted octanol–water partition coefficient (Wildman–Crippen LogP) is 1.32. The number of fused-ring (bicyclic) bond motifs is 6. The van der Waals surface area contributed by atoms with Gasteiger partial charge in [-0.3, -0.25) is 4.79 Å². The minimum absolute atomic E-state index is 0.00985. The summed E-state index contributed by atoms with van der Waals surface area (Å²) in [6.07, 6.45) is -0.819. The van der Waals surface area contributed by atoms with Gasteiger partial charge in [-0.2, -0.15) is 21.6 Å². The van der Waals surface area contributed by atoms with Crippen LogP contribution in [0.25, 0.3) is 5.82 Å². The van der Waals surface area contributed by atoms with Crippen molar-refractivity contribution in [1.82, 2.24) is 24.5 Å². The van der Waals surface area contributed by atoms with Gasteiger partial charge in [0.25, 0.3) is 15.9 Å². The summed E-state index contributed by atoms with van der Waals surface area (Å²) in [5.74, 6) is 1.01. The number of halogens is 3. The molecule has 3 aromatic rings. The van der Waals surface area contributed by atoms with E-state index in [1.807, 2.05) is 0 Å². The van der Waals surface area contributed by atoms with Gasteiger partial charge in [0.1, 0.15) is 27.3 Å². The highest BCUT2D eigenvalue weighted by Crippen LogP contribution is 2.73. The van der Waals surface area contributed by atoms with E-state index in [9.17, 15) is 26.4 Å². The molecule has 2 aliphatic heterocycles. The fourth-order valence-corrected chi connectivity index (χ4v) is 8.47. The van der Waals surface area contributed by atoms with E-state index in [1.54, 1.807) is 61.8 Å². The van der Waals surface area contributed by atoms with E-state index < -0.39 is 43.5 Å². The molecule has 1 amide bonds. The third-order valence-corrected chi connectivity index (χ3v) is 13.0. The summed E-state index contributed by atoms with van der Waals surface area (Å²) >= 11 is 0. The molecule has 3 aliphatic rings. The van der Waals surface area contributed by atoms with Crippen LogP contribution in [0.5, 0.6) is 5.88 Å². The molecule has 1 aliphatic carbocycles. The first kappa shape index (κ1) is 36.2. The van der Waals surface area contributed by atoms with Gasteiger partial charge in [0.15, 0.2) is 10.8 Å². The second-order valence-electron chi connectivity index (χ2n) is 15.9. The Morgan fingerprint density at radius 3 is 2.46 bits per heavy atom. The third kappa shape index (κ3) is 6.38. The second-order valence-corrected chi connectivity index (χ2v) is 17.5. The molecule has 1 saturated carbocycles. The number of carbonyl (C=O) groups is 1. The number of anilines is 2. The molecule has 0 radical (unpaired) electrons. The average molecular weight is 709 g/mol. The number of pyridine rings is 2. The van der Waals surface area contributed by atoms with Gasteiger partial charge in [-0.25, -0.2) is 19.4 Å². The van der Waals surface area contributed by atoms with E-state index in [2.05, 4.69) is 45.8 Å². The molecule has 2 fully saturated rings. The Hall–Kier alpha value is -3.62. The lowest BCUT2D eigenvalue weighted by molar-refractivity contribution is -0.193. The van der Waals surface area contributed by atoms with Crippen LogP contribution in [-0.2, 0) is 10.0 Å². The zero-order valence-corrected chi connectivity index (χ0v) is 30.4. The Morgan fingerprint density at radius 1 is 1.06 bits per heavy atom. The van der Waals surface area contributed by atoms with Crippen molar-refractivity contribution in [1.29, 1.82) is 0 Å². The molecule has 19 heteroatoms. The Labute approximate surface area is 294 Å². The smallest absolute Gasteiger partial charge is 0.393 e. The van der Waals surface area contributed by atoms with Crippen LogP contribution in [0.2, 0.25) is 10.4 Å². The molecular formula is C31H42B4F3N7O4S. The summed E-state index contributed by atoms with van der Waals surface area (Å²) in [7, 11) is 2.57. The van der Waals surface area contributed by atoms with E-state index in [-0.39, 0.29) is 41.8 Å². The number of ether oxygens (including phenoxy) is 1. The van der Waals surface area contributed by atoms with Crippen LogP contribution < -0.4 is 19.7 Å². The first-order chi connectivity index (χ1) is 23.2. The molecule has 2 N–H and O–H groups in total. The zero-order chi connectivity index (χ0) is 36.5. The second kappa shape index (κ2) is 12.3. The van der Waals surface area contributed by atoms with E-state index in [1.165, 1.54) is 16.8 Å². The van der Waals surface area contributed by atoms with Crippen LogP contribution in [0, 0.1) is 17.3 Å². The van der Waals surface area contributed by atoms with Crippen LogP contribution >= 0.6 is 0 Å². The van der Waals surface area contributed by atoms with Crippen molar-refractivity contribution >= 4 is 59.0 Å². The molecule has 11 nitrogen and oxygen atoms in total. The maximum atomic E-state index is 14.1. The topological polar surface area (TPSA) is 131 Å². The minimum atomic E-state index is -4.32. The number of alkyl halides is 3. The number of carbonyl (C=O) groups excluding carboxylic acids is 1. The molecule has 2 unspecified atom stereocenters. The highest BCUT2D eigenvalue weighted by atomic mass is 32.2. The van der Waals surface area contributed by atoms with Crippen molar-refractivity contribution < 1.29 is 31.1 Å². The average Bonchev–Trinajstić information content (AvgIpc) is 3.64. The minimum Gasteiger partial charge on any atom is -0.478 e. The van der Waals surface area contributed by atoms with Crippen molar-refractivity contribution in [3.05, 3.63) is 48.2 Å². The molecule has 4 bridgehead atoms. The van der Waals surface area contributed by atoms with Gasteiger partial charge in [0.05, 0.1) is 33.3 Å². The van der Waals surface area contributed by atoms with Crippen molar-refractivity contribution in [3.8, 4) is 11.7 Å². The van der Waals surface area contributed by atoms with Crippen LogP contribution in [0.3, 0.4) is 0 Å². The number of hydrogen-bond donors (Lipinski definition) is 2. The Bertz CT molecular complexity index is 1900. The maximum Gasteiger partial charge on any atom is 0.393 e. The SMILES string of the molecule is BC(B)(COc1ccn(-c2ccc3c(n2)N2CC(CC2(C)C)C(C)CCNc2cccc(n2)S(=O)(=O)NC3=O)n1)C(B)(B)C1(C(F)(F)F)CC1. The molecule has 0 aromatic carbocycles. The summed E-state index contributed by atoms with van der Waals surface area (Å²) in [5.41, 5.74) is -2.08. The first-order valence-corrected chi connectivity index (χ1v) is 18.5. The number of aromatic nitrogens is 4. The van der Waals surface area contributed by atoms with Crippen LogP contribution in [0.4, 0.5) is 24.8 Å². The largest absolute Gasteiger partial charge is 0.478 e. The fourth-order valence-electron chi connectivity index (χ4n) is 7.54. The lowest BCUT2D eigenvalue weighted by atomic mass is 9.26. The van der Waals surface area contributed by atoms with Gasteiger partial charge >= 0.3 is 6.18 Å². The lowest BCUT2D eigenvalue weighted by Gasteiger charge is -2.48. The van der Waals surface area contributed by atoms with Crippen molar-refractivity contribution in [2.45, 2.75) is 73.6 Å². The molecule has 264 valence electrons. The Kier molecular flexibility index (Phi) is 8.87. The molecule has 1 saturated heterocycles.